The fraction of sp³-hybridized carbons (Fsp3) is 0.579. The van der Waals surface area contributed by atoms with Gasteiger partial charge in [-0.15, -0.1) is 0 Å². The normalized spacial score (nSPS) is 18.3. The number of ether oxygens (including phenoxy) is 2. The molecule has 1 aliphatic heterocycles. The lowest BCUT2D eigenvalue weighted by atomic mass is 9.84. The minimum absolute atomic E-state index is 0.0462. The van der Waals surface area contributed by atoms with Crippen molar-refractivity contribution < 1.29 is 19.1 Å². The molecule has 3 rings (SSSR count). The lowest BCUT2D eigenvalue weighted by molar-refractivity contribution is -0.138. The van der Waals surface area contributed by atoms with E-state index in [9.17, 15) is 9.59 Å². The third kappa shape index (κ3) is 3.89. The second-order valence-corrected chi connectivity index (χ2v) is 6.70. The van der Waals surface area contributed by atoms with E-state index < -0.39 is 0 Å². The third-order valence-electron chi connectivity index (χ3n) is 5.15. The second-order valence-electron chi connectivity index (χ2n) is 6.70. The van der Waals surface area contributed by atoms with Crippen molar-refractivity contribution in [3.05, 3.63) is 23.8 Å². The summed E-state index contributed by atoms with van der Waals surface area (Å²) in [6, 6.07) is 5.21. The van der Waals surface area contributed by atoms with Crippen LogP contribution in [0.25, 0.3) is 0 Å². The summed E-state index contributed by atoms with van der Waals surface area (Å²) in [7, 11) is 3.14. The van der Waals surface area contributed by atoms with Gasteiger partial charge in [-0.05, 0) is 31.4 Å². The molecule has 2 amide bonds. The molecule has 0 spiro atoms. The fourth-order valence-corrected chi connectivity index (χ4v) is 3.37. The maximum absolute atomic E-state index is 12.9. The van der Waals surface area contributed by atoms with Crippen LogP contribution in [0.1, 0.15) is 36.0 Å². The summed E-state index contributed by atoms with van der Waals surface area (Å²) < 4.78 is 10.5. The average molecular weight is 346 g/mol. The number of benzene rings is 1. The summed E-state index contributed by atoms with van der Waals surface area (Å²) in [6.07, 6.45) is 4.00. The first kappa shape index (κ1) is 17.6. The molecule has 1 aromatic carbocycles. The highest BCUT2D eigenvalue weighted by Gasteiger charge is 2.31. The van der Waals surface area contributed by atoms with Gasteiger partial charge >= 0.3 is 0 Å². The van der Waals surface area contributed by atoms with Gasteiger partial charge < -0.3 is 19.3 Å². The van der Waals surface area contributed by atoms with Gasteiger partial charge in [-0.25, -0.2) is 0 Å². The van der Waals surface area contributed by atoms with E-state index in [1.54, 1.807) is 32.4 Å². The Kier molecular flexibility index (Phi) is 5.46. The zero-order valence-corrected chi connectivity index (χ0v) is 15.0. The Balaban J connectivity index is 1.67. The van der Waals surface area contributed by atoms with E-state index >= 15 is 0 Å². The molecule has 25 heavy (non-hydrogen) atoms. The first-order valence-corrected chi connectivity index (χ1v) is 8.93. The lowest BCUT2D eigenvalue weighted by Gasteiger charge is -2.31. The molecule has 1 aliphatic carbocycles. The number of nitrogens with zero attached hydrogens (tertiary/aromatic N) is 2. The van der Waals surface area contributed by atoms with Gasteiger partial charge in [0.2, 0.25) is 5.91 Å². The van der Waals surface area contributed by atoms with Gasteiger partial charge in [-0.1, -0.05) is 6.42 Å². The number of rotatable bonds is 4. The van der Waals surface area contributed by atoms with Crippen molar-refractivity contribution in [2.45, 2.75) is 25.7 Å². The molecule has 0 N–H and O–H groups in total. The molecule has 0 bridgehead atoms. The number of hydrogen-bond donors (Lipinski definition) is 0. The summed E-state index contributed by atoms with van der Waals surface area (Å²) in [4.78, 5) is 29.1. The van der Waals surface area contributed by atoms with E-state index in [4.69, 9.17) is 9.47 Å². The van der Waals surface area contributed by atoms with Crippen molar-refractivity contribution in [1.82, 2.24) is 9.80 Å². The molecule has 1 saturated heterocycles. The van der Waals surface area contributed by atoms with E-state index in [0.29, 0.717) is 36.7 Å². The van der Waals surface area contributed by atoms with Gasteiger partial charge in [0.1, 0.15) is 11.5 Å². The molecule has 0 radical (unpaired) electrons. The smallest absolute Gasteiger partial charge is 0.254 e. The molecule has 0 aromatic heterocycles. The van der Waals surface area contributed by atoms with E-state index in [1.807, 2.05) is 9.80 Å². The largest absolute Gasteiger partial charge is 0.497 e. The van der Waals surface area contributed by atoms with E-state index in [1.165, 1.54) is 0 Å². The molecule has 6 nitrogen and oxygen atoms in total. The van der Waals surface area contributed by atoms with Crippen LogP contribution in [0, 0.1) is 5.92 Å². The van der Waals surface area contributed by atoms with E-state index in [2.05, 4.69) is 0 Å². The zero-order valence-electron chi connectivity index (χ0n) is 15.0. The molecule has 2 fully saturated rings. The van der Waals surface area contributed by atoms with Gasteiger partial charge in [0.25, 0.3) is 5.91 Å². The monoisotopic (exact) mass is 346 g/mol. The molecule has 1 aromatic rings. The Labute approximate surface area is 148 Å². The van der Waals surface area contributed by atoms with Crippen molar-refractivity contribution in [2.75, 3.05) is 40.4 Å². The highest BCUT2D eigenvalue weighted by atomic mass is 16.5. The topological polar surface area (TPSA) is 59.1 Å². The molecule has 2 aliphatic rings. The summed E-state index contributed by atoms with van der Waals surface area (Å²) in [5.41, 5.74) is 0.551. The fourth-order valence-electron chi connectivity index (χ4n) is 3.37. The quantitative estimate of drug-likeness (QED) is 0.838. The highest BCUT2D eigenvalue weighted by Crippen LogP contribution is 2.29. The SMILES string of the molecule is COc1cc(OC)cc(C(=O)N2CCCN(C(=O)C3CCC3)CC2)c1. The molecule has 0 unspecified atom stereocenters. The molecule has 136 valence electrons. The van der Waals surface area contributed by atoms with Crippen LogP contribution in [0.5, 0.6) is 11.5 Å². The molecular formula is C19H26N2O4. The minimum atomic E-state index is -0.0462. The summed E-state index contributed by atoms with van der Waals surface area (Å²) in [5, 5.41) is 0. The first-order chi connectivity index (χ1) is 12.1. The number of methoxy groups -OCH3 is 2. The van der Waals surface area contributed by atoms with Gasteiger partial charge in [0, 0.05) is 43.7 Å². The van der Waals surface area contributed by atoms with Gasteiger partial charge in [-0.2, -0.15) is 0 Å². The Bertz CT molecular complexity index is 620. The molecule has 6 heteroatoms. The van der Waals surface area contributed by atoms with Crippen LogP contribution in [-0.4, -0.2) is 62.0 Å². The van der Waals surface area contributed by atoms with E-state index in [0.717, 1.165) is 32.2 Å². The standard InChI is InChI=1S/C19H26N2O4/c1-24-16-11-15(12-17(13-16)25-2)19(23)21-8-4-7-20(9-10-21)18(22)14-5-3-6-14/h11-14H,3-10H2,1-2H3. The van der Waals surface area contributed by atoms with Crippen LogP contribution in [0.4, 0.5) is 0 Å². The van der Waals surface area contributed by atoms with Crippen LogP contribution in [0.3, 0.4) is 0 Å². The highest BCUT2D eigenvalue weighted by molar-refractivity contribution is 5.95. The van der Waals surface area contributed by atoms with Crippen molar-refractivity contribution in [3.63, 3.8) is 0 Å². The van der Waals surface area contributed by atoms with Crippen LogP contribution in [-0.2, 0) is 4.79 Å². The van der Waals surface area contributed by atoms with Crippen molar-refractivity contribution in [3.8, 4) is 11.5 Å². The number of hydrogen-bond acceptors (Lipinski definition) is 4. The first-order valence-electron chi connectivity index (χ1n) is 8.93. The van der Waals surface area contributed by atoms with Gasteiger partial charge in [0.05, 0.1) is 14.2 Å². The predicted octanol–water partition coefficient (Wildman–Crippen LogP) is 2.18. The maximum atomic E-state index is 12.9. The lowest BCUT2D eigenvalue weighted by Crippen LogP contribution is -2.41. The molecule has 1 saturated carbocycles. The molecular weight excluding hydrogens is 320 g/mol. The Morgan fingerprint density at radius 1 is 0.880 bits per heavy atom. The number of amides is 2. The van der Waals surface area contributed by atoms with Crippen LogP contribution in [0.15, 0.2) is 18.2 Å². The van der Waals surface area contributed by atoms with Gasteiger partial charge in [-0.3, -0.25) is 9.59 Å². The van der Waals surface area contributed by atoms with Crippen molar-refractivity contribution in [2.24, 2.45) is 5.92 Å². The molecule has 0 atom stereocenters. The summed E-state index contributed by atoms with van der Waals surface area (Å²) in [5.74, 6) is 1.63. The summed E-state index contributed by atoms with van der Waals surface area (Å²) >= 11 is 0. The number of carbonyl (C=O) groups excluding carboxylic acids is 2. The Hall–Kier alpha value is -2.24. The Morgan fingerprint density at radius 3 is 2.04 bits per heavy atom. The predicted molar refractivity (Wildman–Crippen MR) is 94.0 cm³/mol. The average Bonchev–Trinajstić information content (AvgIpc) is 2.85. The van der Waals surface area contributed by atoms with Gasteiger partial charge in [0.15, 0.2) is 0 Å². The number of carbonyl (C=O) groups is 2. The minimum Gasteiger partial charge on any atom is -0.497 e. The molecule has 1 heterocycles. The van der Waals surface area contributed by atoms with E-state index in [-0.39, 0.29) is 17.7 Å². The second kappa shape index (κ2) is 7.76. The van der Waals surface area contributed by atoms with Crippen molar-refractivity contribution in [1.29, 1.82) is 0 Å². The van der Waals surface area contributed by atoms with Crippen LogP contribution >= 0.6 is 0 Å². The van der Waals surface area contributed by atoms with Crippen molar-refractivity contribution >= 4 is 11.8 Å². The maximum Gasteiger partial charge on any atom is 0.254 e. The third-order valence-corrected chi connectivity index (χ3v) is 5.15. The van der Waals surface area contributed by atoms with Crippen LogP contribution < -0.4 is 9.47 Å². The summed E-state index contributed by atoms with van der Waals surface area (Å²) in [6.45, 7) is 2.58. The zero-order chi connectivity index (χ0) is 17.8. The Morgan fingerprint density at radius 2 is 1.48 bits per heavy atom. The van der Waals surface area contributed by atoms with Crippen LogP contribution in [0.2, 0.25) is 0 Å².